The third-order valence-corrected chi connectivity index (χ3v) is 3.60. The van der Waals surface area contributed by atoms with E-state index in [0.717, 1.165) is 6.42 Å². The molecule has 0 amide bonds. The molecule has 0 N–H and O–H groups in total. The standard InChI is InChI=1S/C16H17FN2O3/c1-3-21-16(20)13-14(12-10(2)6-4-7-11(12)17)18-19-8-5-9-22-15(13)19/h4,6-7H,3,5,8-9H2,1-2H3. The van der Waals surface area contributed by atoms with Crippen LogP contribution in [0.25, 0.3) is 11.3 Å². The number of rotatable bonds is 3. The van der Waals surface area contributed by atoms with Crippen molar-refractivity contribution in [2.75, 3.05) is 13.2 Å². The summed E-state index contributed by atoms with van der Waals surface area (Å²) in [6, 6.07) is 4.77. The van der Waals surface area contributed by atoms with E-state index in [4.69, 9.17) is 9.47 Å². The zero-order valence-corrected chi connectivity index (χ0v) is 12.6. The normalized spacial score (nSPS) is 13.4. The van der Waals surface area contributed by atoms with E-state index in [1.54, 1.807) is 30.7 Å². The lowest BCUT2D eigenvalue weighted by molar-refractivity contribution is 0.0520. The van der Waals surface area contributed by atoms with Crippen LogP contribution in [0.1, 0.15) is 29.3 Å². The highest BCUT2D eigenvalue weighted by Crippen LogP contribution is 2.36. The lowest BCUT2D eigenvalue weighted by atomic mass is 10.0. The first kappa shape index (κ1) is 14.6. The van der Waals surface area contributed by atoms with E-state index in [1.807, 2.05) is 0 Å². The summed E-state index contributed by atoms with van der Waals surface area (Å²) < 4.78 is 26.6. The maximum atomic E-state index is 14.3. The van der Waals surface area contributed by atoms with Crippen LogP contribution in [0.3, 0.4) is 0 Å². The molecule has 1 aromatic carbocycles. The van der Waals surface area contributed by atoms with E-state index < -0.39 is 11.8 Å². The van der Waals surface area contributed by atoms with E-state index >= 15 is 0 Å². The molecule has 6 heteroatoms. The van der Waals surface area contributed by atoms with E-state index in [0.29, 0.717) is 30.2 Å². The van der Waals surface area contributed by atoms with Gasteiger partial charge in [-0.25, -0.2) is 13.9 Å². The molecule has 1 aromatic heterocycles. The Balaban J connectivity index is 2.23. The lowest BCUT2D eigenvalue weighted by Crippen LogP contribution is -2.16. The van der Waals surface area contributed by atoms with Gasteiger partial charge in [0.15, 0.2) is 0 Å². The summed E-state index contributed by atoms with van der Waals surface area (Å²) in [6.07, 6.45) is 0.798. The number of hydrogen-bond donors (Lipinski definition) is 0. The van der Waals surface area contributed by atoms with Crippen LogP contribution in [0.5, 0.6) is 5.88 Å². The van der Waals surface area contributed by atoms with Crippen LogP contribution in [0, 0.1) is 12.7 Å². The largest absolute Gasteiger partial charge is 0.477 e. The Kier molecular flexibility index (Phi) is 3.83. The van der Waals surface area contributed by atoms with Gasteiger partial charge in [-0.2, -0.15) is 5.10 Å². The van der Waals surface area contributed by atoms with Crippen molar-refractivity contribution in [3.8, 4) is 17.1 Å². The Morgan fingerprint density at radius 1 is 1.50 bits per heavy atom. The quantitative estimate of drug-likeness (QED) is 0.818. The third-order valence-electron chi connectivity index (χ3n) is 3.60. The van der Waals surface area contributed by atoms with Gasteiger partial charge in [0.2, 0.25) is 5.88 Å². The number of aromatic nitrogens is 2. The van der Waals surface area contributed by atoms with Gasteiger partial charge in [0.05, 0.1) is 13.2 Å². The summed E-state index contributed by atoms with van der Waals surface area (Å²) in [6.45, 7) is 4.89. The topological polar surface area (TPSA) is 53.3 Å². The molecule has 0 fully saturated rings. The van der Waals surface area contributed by atoms with E-state index in [-0.39, 0.29) is 17.9 Å². The number of ether oxygens (including phenoxy) is 2. The Hall–Kier alpha value is -2.37. The van der Waals surface area contributed by atoms with Gasteiger partial charge in [-0.3, -0.25) is 0 Å². The molecule has 116 valence electrons. The molecular weight excluding hydrogens is 287 g/mol. The van der Waals surface area contributed by atoms with Crippen LogP contribution in [0.4, 0.5) is 4.39 Å². The molecule has 5 nitrogen and oxygen atoms in total. The predicted octanol–water partition coefficient (Wildman–Crippen LogP) is 2.96. The van der Waals surface area contributed by atoms with Gasteiger partial charge in [-0.15, -0.1) is 0 Å². The van der Waals surface area contributed by atoms with E-state index in [9.17, 15) is 9.18 Å². The van der Waals surface area contributed by atoms with Crippen molar-refractivity contribution in [3.05, 3.63) is 35.1 Å². The SMILES string of the molecule is CCOC(=O)c1c(-c2c(C)cccc2F)nn2c1OCCC2. The molecule has 3 rings (SSSR count). The van der Waals surface area contributed by atoms with Crippen LogP contribution in [0.2, 0.25) is 0 Å². The molecule has 1 aliphatic rings. The zero-order valence-electron chi connectivity index (χ0n) is 12.6. The number of benzene rings is 1. The van der Waals surface area contributed by atoms with Crippen molar-refractivity contribution >= 4 is 5.97 Å². The zero-order chi connectivity index (χ0) is 15.7. The molecule has 0 aliphatic carbocycles. The fourth-order valence-electron chi connectivity index (χ4n) is 2.62. The number of aryl methyl sites for hydroxylation is 2. The van der Waals surface area contributed by atoms with Crippen molar-refractivity contribution in [1.29, 1.82) is 0 Å². The van der Waals surface area contributed by atoms with E-state index in [1.165, 1.54) is 6.07 Å². The number of fused-ring (bicyclic) bond motifs is 1. The number of nitrogens with zero attached hydrogens (tertiary/aromatic N) is 2. The van der Waals surface area contributed by atoms with Gasteiger partial charge in [0, 0.05) is 18.5 Å². The highest BCUT2D eigenvalue weighted by Gasteiger charge is 2.30. The molecule has 0 unspecified atom stereocenters. The second-order valence-electron chi connectivity index (χ2n) is 5.11. The molecule has 2 aromatic rings. The Bertz CT molecular complexity index is 704. The monoisotopic (exact) mass is 304 g/mol. The Morgan fingerprint density at radius 2 is 2.32 bits per heavy atom. The van der Waals surface area contributed by atoms with Crippen LogP contribution < -0.4 is 4.74 Å². The van der Waals surface area contributed by atoms with Gasteiger partial charge in [0.1, 0.15) is 17.1 Å². The van der Waals surface area contributed by atoms with Gasteiger partial charge < -0.3 is 9.47 Å². The maximum absolute atomic E-state index is 14.3. The number of esters is 1. The second kappa shape index (κ2) is 5.79. The van der Waals surface area contributed by atoms with Gasteiger partial charge in [0.25, 0.3) is 0 Å². The fourth-order valence-corrected chi connectivity index (χ4v) is 2.62. The molecule has 0 radical (unpaired) electrons. The van der Waals surface area contributed by atoms with Crippen molar-refractivity contribution in [2.45, 2.75) is 26.8 Å². The van der Waals surface area contributed by atoms with Gasteiger partial charge >= 0.3 is 5.97 Å². The minimum Gasteiger partial charge on any atom is -0.477 e. The highest BCUT2D eigenvalue weighted by atomic mass is 19.1. The lowest BCUT2D eigenvalue weighted by Gasteiger charge is -2.15. The summed E-state index contributed by atoms with van der Waals surface area (Å²) >= 11 is 0. The molecule has 0 bridgehead atoms. The summed E-state index contributed by atoms with van der Waals surface area (Å²) in [5, 5.41) is 4.40. The molecule has 0 saturated heterocycles. The van der Waals surface area contributed by atoms with Crippen LogP contribution in [-0.2, 0) is 11.3 Å². The van der Waals surface area contributed by atoms with Crippen LogP contribution >= 0.6 is 0 Å². The molecular formula is C16H17FN2O3. The van der Waals surface area contributed by atoms with Crippen LogP contribution in [0.15, 0.2) is 18.2 Å². The maximum Gasteiger partial charge on any atom is 0.345 e. The number of carbonyl (C=O) groups excluding carboxylic acids is 1. The Morgan fingerprint density at radius 3 is 3.05 bits per heavy atom. The second-order valence-corrected chi connectivity index (χ2v) is 5.11. The number of halogens is 1. The smallest absolute Gasteiger partial charge is 0.345 e. The molecule has 2 heterocycles. The van der Waals surface area contributed by atoms with Gasteiger partial charge in [-0.05, 0) is 25.5 Å². The van der Waals surface area contributed by atoms with Gasteiger partial charge in [-0.1, -0.05) is 12.1 Å². The first-order valence-corrected chi connectivity index (χ1v) is 7.29. The predicted molar refractivity (Wildman–Crippen MR) is 78.4 cm³/mol. The molecule has 0 spiro atoms. The average Bonchev–Trinajstić information content (AvgIpc) is 2.86. The van der Waals surface area contributed by atoms with E-state index in [2.05, 4.69) is 5.10 Å². The van der Waals surface area contributed by atoms with Crippen molar-refractivity contribution in [1.82, 2.24) is 9.78 Å². The Labute approximate surface area is 127 Å². The van der Waals surface area contributed by atoms with Crippen molar-refractivity contribution < 1.29 is 18.7 Å². The molecule has 1 aliphatic heterocycles. The van der Waals surface area contributed by atoms with Crippen molar-refractivity contribution in [3.63, 3.8) is 0 Å². The van der Waals surface area contributed by atoms with Crippen LogP contribution in [-0.4, -0.2) is 29.0 Å². The average molecular weight is 304 g/mol. The highest BCUT2D eigenvalue weighted by molar-refractivity contribution is 5.99. The summed E-state index contributed by atoms with van der Waals surface area (Å²) in [5.74, 6) is -0.591. The first-order valence-electron chi connectivity index (χ1n) is 7.29. The van der Waals surface area contributed by atoms with Crippen molar-refractivity contribution in [2.24, 2.45) is 0 Å². The molecule has 0 saturated carbocycles. The minimum absolute atomic E-state index is 0.203. The minimum atomic E-state index is -0.539. The molecule has 22 heavy (non-hydrogen) atoms. The number of carbonyl (C=O) groups is 1. The molecule has 0 atom stereocenters. The first-order chi connectivity index (χ1) is 10.6. The summed E-state index contributed by atoms with van der Waals surface area (Å²) in [7, 11) is 0. The fraction of sp³-hybridized carbons (Fsp3) is 0.375. The summed E-state index contributed by atoms with van der Waals surface area (Å²) in [5.41, 5.74) is 1.51. The third kappa shape index (κ3) is 2.34. The summed E-state index contributed by atoms with van der Waals surface area (Å²) in [4.78, 5) is 12.3. The number of hydrogen-bond acceptors (Lipinski definition) is 4.